The van der Waals surface area contributed by atoms with Crippen LogP contribution in [0.3, 0.4) is 0 Å². The fourth-order valence-corrected chi connectivity index (χ4v) is 3.75. The van der Waals surface area contributed by atoms with Crippen LogP contribution in [0.1, 0.15) is 57.3 Å². The molecular formula is C16H17NO6S2. The van der Waals surface area contributed by atoms with Crippen molar-refractivity contribution < 1.29 is 26.2 Å². The zero-order chi connectivity index (χ0) is 18.1. The molecular weight excluding hydrogens is 366 g/mol. The van der Waals surface area contributed by atoms with Gasteiger partial charge in [0.25, 0.3) is 0 Å². The summed E-state index contributed by atoms with van der Waals surface area (Å²) in [5.74, 6) is -0.226. The molecule has 1 fully saturated rings. The standard InChI is InChI=1S/C16H17NO6S2/c1-9-6-10(7-24(19)20)2-5-12(9)15(18)14-13(8-25(21)22)17-23-16(14)11-3-4-11/h2,5-6,11,24-25H,3-4,7-8H2,1H3. The Balaban J connectivity index is 2.01. The summed E-state index contributed by atoms with van der Waals surface area (Å²) in [6, 6.07) is 4.80. The molecule has 0 saturated heterocycles. The Bertz CT molecular complexity index is 967. The van der Waals surface area contributed by atoms with Gasteiger partial charge in [-0.15, -0.1) is 0 Å². The van der Waals surface area contributed by atoms with E-state index < -0.39 is 21.4 Å². The highest BCUT2D eigenvalue weighted by atomic mass is 32.2. The Kier molecular flexibility index (Phi) is 5.05. The smallest absolute Gasteiger partial charge is 0.198 e. The summed E-state index contributed by atoms with van der Waals surface area (Å²) in [6.07, 6.45) is 1.76. The molecule has 2 aromatic rings. The number of thiol groups is 2. The number of hydrogen-bond donors (Lipinski definition) is 2. The molecule has 3 rings (SSSR count). The molecule has 1 aliphatic rings. The van der Waals surface area contributed by atoms with Crippen LogP contribution in [-0.4, -0.2) is 27.8 Å². The van der Waals surface area contributed by atoms with Gasteiger partial charge in [-0.2, -0.15) is 0 Å². The summed E-state index contributed by atoms with van der Waals surface area (Å²) in [5, 5.41) is 3.79. The van der Waals surface area contributed by atoms with Crippen LogP contribution in [0.2, 0.25) is 0 Å². The lowest BCUT2D eigenvalue weighted by atomic mass is 9.95. The summed E-state index contributed by atoms with van der Waals surface area (Å²) in [7, 11) is -5.29. The molecule has 1 heterocycles. The van der Waals surface area contributed by atoms with Crippen molar-refractivity contribution >= 4 is 27.2 Å². The second-order valence-electron chi connectivity index (χ2n) is 6.10. The van der Waals surface area contributed by atoms with Crippen molar-refractivity contribution in [1.29, 1.82) is 0 Å². The number of carbonyl (C=O) groups excluding carboxylic acids is 1. The van der Waals surface area contributed by atoms with E-state index in [1.165, 1.54) is 0 Å². The predicted octanol–water partition coefficient (Wildman–Crippen LogP) is 1.31. The molecule has 1 saturated carbocycles. The van der Waals surface area contributed by atoms with Crippen LogP contribution in [0.5, 0.6) is 0 Å². The van der Waals surface area contributed by atoms with E-state index in [9.17, 15) is 21.6 Å². The van der Waals surface area contributed by atoms with Crippen molar-refractivity contribution in [3.05, 3.63) is 51.9 Å². The molecule has 0 unspecified atom stereocenters. The lowest BCUT2D eigenvalue weighted by Crippen LogP contribution is -2.09. The topological polar surface area (TPSA) is 111 Å². The average molecular weight is 383 g/mol. The molecule has 1 aromatic carbocycles. The van der Waals surface area contributed by atoms with Crippen molar-refractivity contribution in [2.45, 2.75) is 37.2 Å². The van der Waals surface area contributed by atoms with Crippen molar-refractivity contribution in [2.75, 3.05) is 0 Å². The Morgan fingerprint density at radius 2 is 1.84 bits per heavy atom. The van der Waals surface area contributed by atoms with Gasteiger partial charge in [0.2, 0.25) is 0 Å². The van der Waals surface area contributed by atoms with Crippen molar-refractivity contribution in [3.63, 3.8) is 0 Å². The van der Waals surface area contributed by atoms with Gasteiger partial charge in [-0.3, -0.25) is 4.79 Å². The number of nitrogens with zero attached hydrogens (tertiary/aromatic N) is 1. The number of rotatable bonds is 7. The van der Waals surface area contributed by atoms with E-state index in [4.69, 9.17) is 4.52 Å². The molecule has 0 N–H and O–H groups in total. The highest BCUT2D eigenvalue weighted by Crippen LogP contribution is 2.43. The first kappa shape index (κ1) is 17.8. The van der Waals surface area contributed by atoms with E-state index in [-0.39, 0.29) is 34.5 Å². The van der Waals surface area contributed by atoms with E-state index in [2.05, 4.69) is 5.16 Å². The van der Waals surface area contributed by atoms with Gasteiger partial charge in [-0.1, -0.05) is 23.4 Å². The van der Waals surface area contributed by atoms with E-state index >= 15 is 0 Å². The molecule has 0 aliphatic heterocycles. The van der Waals surface area contributed by atoms with Crippen LogP contribution >= 0.6 is 0 Å². The average Bonchev–Trinajstić information content (AvgIpc) is 3.27. The molecule has 25 heavy (non-hydrogen) atoms. The van der Waals surface area contributed by atoms with Gasteiger partial charge in [0.05, 0.1) is 17.1 Å². The fraction of sp³-hybridized carbons (Fsp3) is 0.375. The molecule has 1 aromatic heterocycles. The summed E-state index contributed by atoms with van der Waals surface area (Å²) < 4.78 is 49.1. The van der Waals surface area contributed by atoms with Crippen molar-refractivity contribution in [3.8, 4) is 0 Å². The van der Waals surface area contributed by atoms with Crippen molar-refractivity contribution in [2.24, 2.45) is 0 Å². The molecule has 0 radical (unpaired) electrons. The van der Waals surface area contributed by atoms with Crippen LogP contribution in [-0.2, 0) is 32.9 Å². The Labute approximate surface area is 147 Å². The quantitative estimate of drug-likeness (QED) is 0.548. The lowest BCUT2D eigenvalue weighted by Gasteiger charge is -2.07. The third-order valence-corrected chi connectivity index (χ3v) is 5.27. The van der Waals surface area contributed by atoms with Crippen LogP contribution < -0.4 is 0 Å². The monoisotopic (exact) mass is 383 g/mol. The van der Waals surface area contributed by atoms with E-state index in [0.717, 1.165) is 12.8 Å². The van der Waals surface area contributed by atoms with Crippen LogP contribution in [0.4, 0.5) is 0 Å². The third-order valence-electron chi connectivity index (χ3n) is 4.09. The zero-order valence-corrected chi connectivity index (χ0v) is 15.2. The normalized spacial score (nSPS) is 14.4. The number of hydrogen-bond acceptors (Lipinski definition) is 7. The third kappa shape index (κ3) is 3.98. The molecule has 0 bridgehead atoms. The van der Waals surface area contributed by atoms with E-state index in [1.807, 2.05) is 0 Å². The maximum atomic E-state index is 13.0. The van der Waals surface area contributed by atoms with Crippen LogP contribution in [0, 0.1) is 6.92 Å². The molecule has 7 nitrogen and oxygen atoms in total. The van der Waals surface area contributed by atoms with E-state index in [1.54, 1.807) is 25.1 Å². The van der Waals surface area contributed by atoms with Gasteiger partial charge < -0.3 is 4.52 Å². The number of benzene rings is 1. The summed E-state index contributed by atoms with van der Waals surface area (Å²) >= 11 is 0. The predicted molar refractivity (Wildman–Crippen MR) is 91.1 cm³/mol. The number of ketones is 1. The van der Waals surface area contributed by atoms with Gasteiger partial charge in [-0.05, 0) is 30.9 Å². The molecule has 1 aliphatic carbocycles. The first-order valence-electron chi connectivity index (χ1n) is 7.73. The number of aryl methyl sites for hydroxylation is 1. The summed E-state index contributed by atoms with van der Waals surface area (Å²) in [4.78, 5) is 13.0. The van der Waals surface area contributed by atoms with Gasteiger partial charge in [0, 0.05) is 11.5 Å². The lowest BCUT2D eigenvalue weighted by molar-refractivity contribution is 0.103. The van der Waals surface area contributed by atoms with Crippen LogP contribution in [0.25, 0.3) is 0 Å². The Morgan fingerprint density at radius 3 is 2.40 bits per heavy atom. The minimum absolute atomic E-state index is 0.0901. The molecule has 0 spiro atoms. The minimum atomic E-state index is -2.74. The summed E-state index contributed by atoms with van der Waals surface area (Å²) in [6.45, 7) is 1.71. The molecule has 0 amide bonds. The highest BCUT2D eigenvalue weighted by Gasteiger charge is 2.35. The zero-order valence-electron chi connectivity index (χ0n) is 13.4. The Hall–Kier alpha value is -2.00. The number of aromatic nitrogens is 1. The largest absolute Gasteiger partial charge is 0.360 e. The highest BCUT2D eigenvalue weighted by molar-refractivity contribution is 7.71. The van der Waals surface area contributed by atoms with Crippen LogP contribution in [0.15, 0.2) is 22.7 Å². The molecule has 134 valence electrons. The van der Waals surface area contributed by atoms with Crippen molar-refractivity contribution in [1.82, 2.24) is 5.16 Å². The molecule has 0 atom stereocenters. The maximum absolute atomic E-state index is 13.0. The SMILES string of the molecule is Cc1cc(C[SH](=O)=O)ccc1C(=O)c1c(C[SH](=O)=O)noc1C1CC1. The second kappa shape index (κ2) is 7.09. The fourth-order valence-electron chi connectivity index (χ4n) is 2.80. The first-order chi connectivity index (χ1) is 11.9. The summed E-state index contributed by atoms with van der Waals surface area (Å²) in [5.41, 5.74) is 1.97. The maximum Gasteiger partial charge on any atom is 0.198 e. The van der Waals surface area contributed by atoms with Gasteiger partial charge in [-0.25, -0.2) is 16.8 Å². The van der Waals surface area contributed by atoms with E-state index in [0.29, 0.717) is 22.5 Å². The van der Waals surface area contributed by atoms with Gasteiger partial charge >= 0.3 is 0 Å². The second-order valence-corrected chi connectivity index (χ2v) is 8.07. The Morgan fingerprint density at radius 1 is 1.16 bits per heavy atom. The van der Waals surface area contributed by atoms with Gasteiger partial charge in [0.15, 0.2) is 11.5 Å². The number of carbonyl (C=O) groups is 1. The minimum Gasteiger partial charge on any atom is -0.360 e. The first-order valence-corrected chi connectivity index (χ1v) is 10.5. The molecule has 9 heteroatoms. The van der Waals surface area contributed by atoms with Gasteiger partial charge in [0.1, 0.15) is 27.1 Å².